The summed E-state index contributed by atoms with van der Waals surface area (Å²) in [5.41, 5.74) is 0. The van der Waals surface area contributed by atoms with E-state index in [1.54, 1.807) is 12.0 Å². The van der Waals surface area contributed by atoms with E-state index in [1.165, 1.54) is 0 Å². The average Bonchev–Trinajstić information content (AvgIpc) is 2.49. The zero-order chi connectivity index (χ0) is 10.6. The molecule has 1 saturated heterocycles. The third kappa shape index (κ3) is 2.46. The van der Waals surface area contributed by atoms with Gasteiger partial charge >= 0.3 is 0 Å². The first-order valence-electron chi connectivity index (χ1n) is 4.82. The lowest BCUT2D eigenvalue weighted by atomic mass is 10.00. The average molecular weight is 196 g/mol. The smallest absolute Gasteiger partial charge is 0.236 e. The summed E-state index contributed by atoms with van der Waals surface area (Å²) in [6.07, 6.45) is -0.00752. The zero-order valence-electron chi connectivity index (χ0n) is 8.69. The minimum absolute atomic E-state index is 0.00752. The van der Waals surface area contributed by atoms with Crippen molar-refractivity contribution < 1.29 is 9.53 Å². The molecule has 0 bridgehead atoms. The third-order valence-corrected chi connectivity index (χ3v) is 2.73. The van der Waals surface area contributed by atoms with Gasteiger partial charge in [0.05, 0.1) is 12.7 Å². The first-order valence-corrected chi connectivity index (χ1v) is 4.82. The van der Waals surface area contributed by atoms with E-state index in [0.29, 0.717) is 18.4 Å². The predicted octanol–water partition coefficient (Wildman–Crippen LogP) is 0.641. The number of carbonyl (C=O) groups excluding carboxylic acids is 1. The summed E-state index contributed by atoms with van der Waals surface area (Å²) in [5.74, 6) is 0.832. The summed E-state index contributed by atoms with van der Waals surface area (Å²) in [5, 5.41) is 8.41. The summed E-state index contributed by atoms with van der Waals surface area (Å²) in [6.45, 7) is 4.30. The highest BCUT2D eigenvalue weighted by molar-refractivity contribution is 5.78. The van der Waals surface area contributed by atoms with Crippen LogP contribution in [0.5, 0.6) is 0 Å². The van der Waals surface area contributed by atoms with E-state index in [9.17, 15) is 4.79 Å². The van der Waals surface area contributed by atoms with Gasteiger partial charge in [0.2, 0.25) is 5.91 Å². The zero-order valence-corrected chi connectivity index (χ0v) is 8.69. The Bertz CT molecular complexity index is 247. The lowest BCUT2D eigenvalue weighted by Crippen LogP contribution is -2.28. The maximum Gasteiger partial charge on any atom is 0.236 e. The Morgan fingerprint density at radius 1 is 1.64 bits per heavy atom. The van der Waals surface area contributed by atoms with Crippen LogP contribution < -0.4 is 0 Å². The maximum absolute atomic E-state index is 11.4. The Hall–Kier alpha value is -1.08. The molecule has 0 radical (unpaired) electrons. The van der Waals surface area contributed by atoms with Gasteiger partial charge in [-0.1, -0.05) is 6.92 Å². The SMILES string of the molecule is COC[C@@H]1CN(C(=O)CC#N)C[C@@H]1C. The number of nitrogens with zero attached hydrogens (tertiary/aromatic N) is 2. The molecule has 1 aliphatic rings. The van der Waals surface area contributed by atoms with Gasteiger partial charge in [-0.25, -0.2) is 0 Å². The topological polar surface area (TPSA) is 53.3 Å². The fourth-order valence-electron chi connectivity index (χ4n) is 1.85. The first-order chi connectivity index (χ1) is 6.69. The lowest BCUT2D eigenvalue weighted by Gasteiger charge is -2.14. The molecular weight excluding hydrogens is 180 g/mol. The Kier molecular flexibility index (Phi) is 3.90. The Morgan fingerprint density at radius 3 is 2.93 bits per heavy atom. The van der Waals surface area contributed by atoms with Gasteiger partial charge in [-0.05, 0) is 5.92 Å². The highest BCUT2D eigenvalue weighted by atomic mass is 16.5. The van der Waals surface area contributed by atoms with Gasteiger partial charge < -0.3 is 9.64 Å². The van der Waals surface area contributed by atoms with Crippen molar-refractivity contribution in [1.82, 2.24) is 4.90 Å². The van der Waals surface area contributed by atoms with Crippen LogP contribution in [0.1, 0.15) is 13.3 Å². The van der Waals surface area contributed by atoms with E-state index in [0.717, 1.165) is 13.1 Å². The van der Waals surface area contributed by atoms with Crippen LogP contribution in [0.15, 0.2) is 0 Å². The van der Waals surface area contributed by atoms with Crippen LogP contribution in [0.25, 0.3) is 0 Å². The van der Waals surface area contributed by atoms with E-state index >= 15 is 0 Å². The normalized spacial score (nSPS) is 26.2. The van der Waals surface area contributed by atoms with E-state index in [2.05, 4.69) is 6.92 Å². The van der Waals surface area contributed by atoms with Crippen molar-refractivity contribution in [2.24, 2.45) is 11.8 Å². The molecule has 0 aromatic heterocycles. The largest absolute Gasteiger partial charge is 0.384 e. The number of nitriles is 1. The number of rotatable bonds is 3. The standard InChI is InChI=1S/C10H16N2O2/c1-8-5-12(10(13)3-4-11)6-9(8)7-14-2/h8-9H,3,5-7H2,1-2H3/t8-,9-/m0/s1. The number of carbonyl (C=O) groups is 1. The second-order valence-electron chi connectivity index (χ2n) is 3.83. The molecule has 0 aliphatic carbocycles. The Labute approximate surface area is 84.4 Å². The number of amides is 1. The minimum Gasteiger partial charge on any atom is -0.384 e. The maximum atomic E-state index is 11.4. The van der Waals surface area contributed by atoms with Crippen LogP contribution in [-0.2, 0) is 9.53 Å². The van der Waals surface area contributed by atoms with E-state index < -0.39 is 0 Å². The van der Waals surface area contributed by atoms with E-state index in [-0.39, 0.29) is 12.3 Å². The predicted molar refractivity (Wildman–Crippen MR) is 51.3 cm³/mol. The molecule has 1 fully saturated rings. The molecule has 0 spiro atoms. The summed E-state index contributed by atoms with van der Waals surface area (Å²) in [4.78, 5) is 13.2. The van der Waals surface area contributed by atoms with Crippen LogP contribution in [0.4, 0.5) is 0 Å². The number of hydrogen-bond donors (Lipinski definition) is 0. The first kappa shape index (κ1) is 11.0. The molecule has 14 heavy (non-hydrogen) atoms. The highest BCUT2D eigenvalue weighted by Crippen LogP contribution is 2.23. The fraction of sp³-hybridized carbons (Fsp3) is 0.800. The number of likely N-dealkylation sites (tertiary alicyclic amines) is 1. The van der Waals surface area contributed by atoms with Crippen molar-refractivity contribution in [3.63, 3.8) is 0 Å². The molecule has 1 rings (SSSR count). The Balaban J connectivity index is 2.46. The molecule has 1 amide bonds. The lowest BCUT2D eigenvalue weighted by molar-refractivity contribution is -0.129. The molecular formula is C10H16N2O2. The molecule has 0 N–H and O–H groups in total. The highest BCUT2D eigenvalue weighted by Gasteiger charge is 2.31. The van der Waals surface area contributed by atoms with Crippen LogP contribution in [0.2, 0.25) is 0 Å². The molecule has 4 nitrogen and oxygen atoms in total. The monoisotopic (exact) mass is 196 g/mol. The summed E-state index contributed by atoms with van der Waals surface area (Å²) >= 11 is 0. The molecule has 4 heteroatoms. The van der Waals surface area contributed by atoms with Crippen molar-refractivity contribution in [2.75, 3.05) is 26.8 Å². The minimum atomic E-state index is -0.0575. The summed E-state index contributed by atoms with van der Waals surface area (Å²) in [7, 11) is 1.67. The van der Waals surface area contributed by atoms with Crippen molar-refractivity contribution >= 4 is 5.91 Å². The second kappa shape index (κ2) is 4.97. The van der Waals surface area contributed by atoms with Crippen LogP contribution in [0.3, 0.4) is 0 Å². The van der Waals surface area contributed by atoms with Crippen LogP contribution in [0, 0.1) is 23.2 Å². The molecule has 0 unspecified atom stereocenters. The van der Waals surface area contributed by atoms with Crippen molar-refractivity contribution in [3.05, 3.63) is 0 Å². The molecule has 2 atom stereocenters. The van der Waals surface area contributed by atoms with Crippen molar-refractivity contribution in [3.8, 4) is 6.07 Å². The van der Waals surface area contributed by atoms with Gasteiger partial charge in [0.15, 0.2) is 0 Å². The van der Waals surface area contributed by atoms with E-state index in [4.69, 9.17) is 10.00 Å². The number of ether oxygens (including phenoxy) is 1. The summed E-state index contributed by atoms with van der Waals surface area (Å²) in [6, 6.07) is 1.88. The third-order valence-electron chi connectivity index (χ3n) is 2.73. The van der Waals surface area contributed by atoms with Gasteiger partial charge in [-0.2, -0.15) is 5.26 Å². The molecule has 1 heterocycles. The molecule has 0 aromatic carbocycles. The van der Waals surface area contributed by atoms with Crippen molar-refractivity contribution in [2.45, 2.75) is 13.3 Å². The molecule has 0 saturated carbocycles. The van der Waals surface area contributed by atoms with Crippen molar-refractivity contribution in [1.29, 1.82) is 5.26 Å². The van der Waals surface area contributed by atoms with Gasteiger partial charge in [0.1, 0.15) is 6.42 Å². The quantitative estimate of drug-likeness (QED) is 0.665. The number of methoxy groups -OCH3 is 1. The summed E-state index contributed by atoms with van der Waals surface area (Å²) < 4.78 is 5.08. The number of hydrogen-bond acceptors (Lipinski definition) is 3. The van der Waals surface area contributed by atoms with Gasteiger partial charge in [-0.3, -0.25) is 4.79 Å². The van der Waals surface area contributed by atoms with Gasteiger partial charge in [0, 0.05) is 26.1 Å². The molecule has 0 aromatic rings. The second-order valence-corrected chi connectivity index (χ2v) is 3.83. The van der Waals surface area contributed by atoms with Gasteiger partial charge in [0.25, 0.3) is 0 Å². The molecule has 1 aliphatic heterocycles. The fourth-order valence-corrected chi connectivity index (χ4v) is 1.85. The van der Waals surface area contributed by atoms with Crippen LogP contribution >= 0.6 is 0 Å². The molecule has 78 valence electrons. The van der Waals surface area contributed by atoms with Gasteiger partial charge in [-0.15, -0.1) is 0 Å². The van der Waals surface area contributed by atoms with Crippen LogP contribution in [-0.4, -0.2) is 37.6 Å². The Morgan fingerprint density at radius 2 is 2.36 bits per heavy atom. The van der Waals surface area contributed by atoms with E-state index in [1.807, 2.05) is 6.07 Å².